The van der Waals surface area contributed by atoms with Gasteiger partial charge in [-0.3, -0.25) is 4.79 Å². The maximum Gasteiger partial charge on any atom is 0.166 e. The Labute approximate surface area is 155 Å². The second kappa shape index (κ2) is 9.06. The van der Waals surface area contributed by atoms with Gasteiger partial charge in [0.05, 0.1) is 0 Å². The predicted molar refractivity (Wildman–Crippen MR) is 103 cm³/mol. The van der Waals surface area contributed by atoms with Crippen LogP contribution >= 0.6 is 0 Å². The van der Waals surface area contributed by atoms with E-state index in [4.69, 9.17) is 0 Å². The highest BCUT2D eigenvalue weighted by atomic mass is 19.1. The molecule has 0 bridgehead atoms. The van der Waals surface area contributed by atoms with Gasteiger partial charge in [0.1, 0.15) is 5.82 Å². The van der Waals surface area contributed by atoms with E-state index in [0.29, 0.717) is 11.6 Å². The molecule has 0 radical (unpaired) electrons. The second-order valence-corrected chi connectivity index (χ2v) is 7.03. The Morgan fingerprint density at radius 1 is 1.12 bits per heavy atom. The number of piperidine rings is 1. The molecule has 0 amide bonds. The molecular formula is C22H27FN2O. The van der Waals surface area contributed by atoms with Gasteiger partial charge in [-0.1, -0.05) is 30.3 Å². The zero-order chi connectivity index (χ0) is 18.4. The van der Waals surface area contributed by atoms with E-state index in [1.807, 2.05) is 13.1 Å². The third-order valence-electron chi connectivity index (χ3n) is 5.37. The fourth-order valence-corrected chi connectivity index (χ4v) is 3.74. The Bertz CT molecular complexity index is 694. The zero-order valence-electron chi connectivity index (χ0n) is 15.3. The van der Waals surface area contributed by atoms with Crippen molar-refractivity contribution in [2.75, 3.05) is 26.7 Å². The lowest BCUT2D eigenvalue weighted by molar-refractivity contribution is 0.0837. The Kier molecular flexibility index (Phi) is 6.53. The van der Waals surface area contributed by atoms with E-state index < -0.39 is 0 Å². The SMILES string of the molecule is CNC(CCN1CCC(C(=O)c2ccc(F)cc2)CC1)c1ccccc1. The van der Waals surface area contributed by atoms with Gasteiger partial charge in [-0.05, 0) is 75.8 Å². The molecule has 1 atom stereocenters. The van der Waals surface area contributed by atoms with Crippen molar-refractivity contribution in [1.82, 2.24) is 10.2 Å². The van der Waals surface area contributed by atoms with Gasteiger partial charge in [-0.2, -0.15) is 0 Å². The summed E-state index contributed by atoms with van der Waals surface area (Å²) in [5.74, 6) is -0.0816. The monoisotopic (exact) mass is 354 g/mol. The van der Waals surface area contributed by atoms with Crippen LogP contribution in [-0.4, -0.2) is 37.4 Å². The Hall–Kier alpha value is -2.04. The fourth-order valence-electron chi connectivity index (χ4n) is 3.74. The maximum absolute atomic E-state index is 13.0. The summed E-state index contributed by atoms with van der Waals surface area (Å²) in [7, 11) is 2.01. The largest absolute Gasteiger partial charge is 0.313 e. The number of likely N-dealkylation sites (tertiary alicyclic amines) is 1. The number of rotatable bonds is 7. The summed E-state index contributed by atoms with van der Waals surface area (Å²) in [5, 5.41) is 3.40. The first-order chi connectivity index (χ1) is 12.7. The molecular weight excluding hydrogens is 327 g/mol. The minimum atomic E-state index is -0.297. The highest BCUT2D eigenvalue weighted by Gasteiger charge is 2.26. The van der Waals surface area contributed by atoms with Gasteiger partial charge in [0.25, 0.3) is 0 Å². The van der Waals surface area contributed by atoms with Gasteiger partial charge in [-0.25, -0.2) is 4.39 Å². The summed E-state index contributed by atoms with van der Waals surface area (Å²) in [6, 6.07) is 16.8. The first-order valence-electron chi connectivity index (χ1n) is 9.41. The van der Waals surface area contributed by atoms with Crippen LogP contribution in [0.4, 0.5) is 4.39 Å². The highest BCUT2D eigenvalue weighted by molar-refractivity contribution is 5.97. The third-order valence-corrected chi connectivity index (χ3v) is 5.37. The molecule has 0 aliphatic carbocycles. The maximum atomic E-state index is 13.0. The second-order valence-electron chi connectivity index (χ2n) is 7.03. The Balaban J connectivity index is 1.47. The van der Waals surface area contributed by atoms with E-state index in [-0.39, 0.29) is 17.5 Å². The molecule has 1 heterocycles. The predicted octanol–water partition coefficient (Wildman–Crippen LogP) is 4.07. The molecule has 1 unspecified atom stereocenters. The lowest BCUT2D eigenvalue weighted by Crippen LogP contribution is -2.38. The molecule has 1 aliphatic rings. The summed E-state index contributed by atoms with van der Waals surface area (Å²) < 4.78 is 13.0. The summed E-state index contributed by atoms with van der Waals surface area (Å²) in [6.45, 7) is 2.92. The van der Waals surface area contributed by atoms with Crippen LogP contribution in [0.2, 0.25) is 0 Å². The van der Waals surface area contributed by atoms with Gasteiger partial charge >= 0.3 is 0 Å². The number of hydrogen-bond acceptors (Lipinski definition) is 3. The Morgan fingerprint density at radius 3 is 2.38 bits per heavy atom. The average molecular weight is 354 g/mol. The fraction of sp³-hybridized carbons (Fsp3) is 0.409. The number of ketones is 1. The normalized spacial score (nSPS) is 17.2. The van der Waals surface area contributed by atoms with Crippen LogP contribution in [-0.2, 0) is 0 Å². The minimum absolute atomic E-state index is 0.0610. The van der Waals surface area contributed by atoms with E-state index in [1.54, 1.807) is 12.1 Å². The van der Waals surface area contributed by atoms with Crippen LogP contribution in [0.25, 0.3) is 0 Å². The number of carbonyl (C=O) groups excluding carboxylic acids is 1. The smallest absolute Gasteiger partial charge is 0.166 e. The van der Waals surface area contributed by atoms with E-state index in [0.717, 1.165) is 38.9 Å². The Morgan fingerprint density at radius 2 is 1.77 bits per heavy atom. The molecule has 26 heavy (non-hydrogen) atoms. The molecule has 0 saturated carbocycles. The summed E-state index contributed by atoms with van der Waals surface area (Å²) >= 11 is 0. The van der Waals surface area contributed by atoms with Crippen molar-refractivity contribution in [2.45, 2.75) is 25.3 Å². The molecule has 0 aromatic heterocycles. The number of nitrogens with zero attached hydrogens (tertiary/aromatic N) is 1. The van der Waals surface area contributed by atoms with E-state index in [2.05, 4.69) is 34.5 Å². The standard InChI is InChI=1S/C22H27FN2O/c1-24-21(17-5-3-2-4-6-17)13-16-25-14-11-19(12-15-25)22(26)18-7-9-20(23)10-8-18/h2-10,19,21,24H,11-16H2,1H3. The molecule has 138 valence electrons. The number of halogens is 1. The molecule has 1 N–H and O–H groups in total. The van der Waals surface area contributed by atoms with Crippen molar-refractivity contribution < 1.29 is 9.18 Å². The lowest BCUT2D eigenvalue weighted by Gasteiger charge is -2.32. The molecule has 3 nitrogen and oxygen atoms in total. The van der Waals surface area contributed by atoms with Crippen LogP contribution in [0.1, 0.15) is 41.2 Å². The molecule has 1 aliphatic heterocycles. The number of nitrogens with one attached hydrogen (secondary N) is 1. The van der Waals surface area contributed by atoms with Crippen LogP contribution < -0.4 is 5.32 Å². The van der Waals surface area contributed by atoms with Crippen LogP contribution in [0.3, 0.4) is 0 Å². The number of benzene rings is 2. The van der Waals surface area contributed by atoms with E-state index in [1.165, 1.54) is 17.7 Å². The van der Waals surface area contributed by atoms with E-state index >= 15 is 0 Å². The lowest BCUT2D eigenvalue weighted by atomic mass is 9.88. The number of hydrogen-bond donors (Lipinski definition) is 1. The summed E-state index contributed by atoms with van der Waals surface area (Å²) in [6.07, 6.45) is 2.81. The zero-order valence-corrected chi connectivity index (χ0v) is 15.3. The van der Waals surface area contributed by atoms with Crippen molar-refractivity contribution in [1.29, 1.82) is 0 Å². The first kappa shape index (κ1) is 18.7. The molecule has 4 heteroatoms. The first-order valence-corrected chi connectivity index (χ1v) is 9.41. The van der Waals surface area contributed by atoms with Crippen LogP contribution in [0.5, 0.6) is 0 Å². The molecule has 1 fully saturated rings. The summed E-state index contributed by atoms with van der Waals surface area (Å²) in [4.78, 5) is 15.0. The van der Waals surface area contributed by atoms with Gasteiger partial charge in [0, 0.05) is 17.5 Å². The minimum Gasteiger partial charge on any atom is -0.313 e. The van der Waals surface area contributed by atoms with Crippen molar-refractivity contribution >= 4 is 5.78 Å². The summed E-state index contributed by atoms with van der Waals surface area (Å²) in [5.41, 5.74) is 1.94. The van der Waals surface area contributed by atoms with Gasteiger partial charge < -0.3 is 10.2 Å². The highest BCUT2D eigenvalue weighted by Crippen LogP contribution is 2.23. The van der Waals surface area contributed by atoms with Gasteiger partial charge in [0.2, 0.25) is 0 Å². The third kappa shape index (κ3) is 4.77. The number of carbonyl (C=O) groups is 1. The van der Waals surface area contributed by atoms with Gasteiger partial charge in [0.15, 0.2) is 5.78 Å². The van der Waals surface area contributed by atoms with Crippen LogP contribution in [0.15, 0.2) is 54.6 Å². The van der Waals surface area contributed by atoms with Crippen molar-refractivity contribution in [3.63, 3.8) is 0 Å². The molecule has 3 rings (SSSR count). The van der Waals surface area contributed by atoms with E-state index in [9.17, 15) is 9.18 Å². The van der Waals surface area contributed by atoms with Crippen molar-refractivity contribution in [2.24, 2.45) is 5.92 Å². The molecule has 1 saturated heterocycles. The van der Waals surface area contributed by atoms with Crippen molar-refractivity contribution in [3.8, 4) is 0 Å². The van der Waals surface area contributed by atoms with Gasteiger partial charge in [-0.15, -0.1) is 0 Å². The molecule has 0 spiro atoms. The number of Topliss-reactive ketones (excluding diaryl/α,β-unsaturated/α-hetero) is 1. The molecule has 2 aromatic carbocycles. The topological polar surface area (TPSA) is 32.3 Å². The average Bonchev–Trinajstić information content (AvgIpc) is 2.70. The quantitative estimate of drug-likeness (QED) is 0.761. The van der Waals surface area contributed by atoms with Crippen molar-refractivity contribution in [3.05, 3.63) is 71.5 Å². The van der Waals surface area contributed by atoms with Crippen LogP contribution in [0, 0.1) is 11.7 Å². The molecule has 2 aromatic rings.